The van der Waals surface area contributed by atoms with Crippen molar-refractivity contribution in [2.45, 2.75) is 19.1 Å². The second-order valence-electron chi connectivity index (χ2n) is 8.72. The van der Waals surface area contributed by atoms with Crippen molar-refractivity contribution in [1.82, 2.24) is 20.0 Å². The number of oxazole rings is 1. The topological polar surface area (TPSA) is 90.3 Å². The molecule has 1 N–H and O–H groups in total. The first-order valence-electron chi connectivity index (χ1n) is 11.7. The zero-order valence-electron chi connectivity index (χ0n) is 19.9. The molecule has 0 aliphatic carbocycles. The van der Waals surface area contributed by atoms with Gasteiger partial charge in [0.25, 0.3) is 0 Å². The van der Waals surface area contributed by atoms with Crippen molar-refractivity contribution in [3.8, 4) is 11.5 Å². The van der Waals surface area contributed by atoms with E-state index in [1.54, 1.807) is 24.5 Å². The van der Waals surface area contributed by atoms with Crippen molar-refractivity contribution in [2.75, 3.05) is 0 Å². The van der Waals surface area contributed by atoms with Crippen molar-refractivity contribution in [2.24, 2.45) is 10.2 Å². The molecule has 12 heteroatoms. The zero-order valence-corrected chi connectivity index (χ0v) is 20.7. The number of rotatable bonds is 5. The average Bonchev–Trinajstić information content (AvgIpc) is 3.58. The van der Waals surface area contributed by atoms with Gasteiger partial charge < -0.3 is 9.52 Å². The third-order valence-corrected chi connectivity index (χ3v) is 6.45. The SMILES string of the molecule is OC1N(Cc2ccc(C(F)(F)F)nc2)N=C2C(c3ccc(-c4ncco4)cc3)=C(c3ccc(Cl)cc3)C=NN21. The van der Waals surface area contributed by atoms with E-state index in [2.05, 4.69) is 20.2 Å². The Labute approximate surface area is 225 Å². The second kappa shape index (κ2) is 9.68. The zero-order chi connectivity index (χ0) is 27.1. The first-order chi connectivity index (χ1) is 18.8. The number of alkyl halides is 3. The van der Waals surface area contributed by atoms with Gasteiger partial charge in [0, 0.05) is 27.9 Å². The molecule has 0 saturated carbocycles. The van der Waals surface area contributed by atoms with Crippen LogP contribution >= 0.6 is 11.6 Å². The number of allylic oxidation sites excluding steroid dienone is 1. The quantitative estimate of drug-likeness (QED) is 0.341. The summed E-state index contributed by atoms with van der Waals surface area (Å²) in [5.41, 5.74) is 3.28. The first kappa shape index (κ1) is 24.8. The lowest BCUT2D eigenvalue weighted by Gasteiger charge is -2.27. The highest BCUT2D eigenvalue weighted by molar-refractivity contribution is 6.39. The molecule has 0 fully saturated rings. The molecule has 6 rings (SSSR count). The largest absolute Gasteiger partial charge is 0.445 e. The smallest absolute Gasteiger partial charge is 0.433 e. The van der Waals surface area contributed by atoms with Crippen LogP contribution in [0.15, 0.2) is 93.9 Å². The Morgan fingerprint density at radius 2 is 1.64 bits per heavy atom. The van der Waals surface area contributed by atoms with Crippen molar-refractivity contribution < 1.29 is 22.7 Å². The summed E-state index contributed by atoms with van der Waals surface area (Å²) in [4.78, 5) is 7.68. The van der Waals surface area contributed by atoms with Gasteiger partial charge in [-0.15, -0.1) is 0 Å². The van der Waals surface area contributed by atoms with Gasteiger partial charge in [0.05, 0.1) is 19.0 Å². The van der Waals surface area contributed by atoms with Gasteiger partial charge in [-0.05, 0) is 47.0 Å². The summed E-state index contributed by atoms with van der Waals surface area (Å²) in [6.07, 6.45) is -0.0156. The van der Waals surface area contributed by atoms with Crippen LogP contribution in [0.1, 0.15) is 22.4 Å². The fourth-order valence-corrected chi connectivity index (χ4v) is 4.43. The number of fused-ring (bicyclic) bond motifs is 1. The third kappa shape index (κ3) is 4.77. The molecule has 2 aromatic carbocycles. The molecular formula is C27H18ClF3N6O2. The van der Waals surface area contributed by atoms with Crippen molar-refractivity contribution >= 4 is 34.8 Å². The molecule has 1 unspecified atom stereocenters. The summed E-state index contributed by atoms with van der Waals surface area (Å²) >= 11 is 6.11. The van der Waals surface area contributed by atoms with Crippen LogP contribution in [0.5, 0.6) is 0 Å². The number of amidine groups is 1. The summed E-state index contributed by atoms with van der Waals surface area (Å²) < 4.78 is 44.1. The van der Waals surface area contributed by atoms with Gasteiger partial charge in [0.2, 0.25) is 12.2 Å². The van der Waals surface area contributed by atoms with Crippen LogP contribution < -0.4 is 0 Å². The molecule has 4 heterocycles. The van der Waals surface area contributed by atoms with Crippen LogP contribution in [-0.2, 0) is 12.7 Å². The summed E-state index contributed by atoms with van der Waals surface area (Å²) in [7, 11) is 0. The Morgan fingerprint density at radius 1 is 0.923 bits per heavy atom. The predicted molar refractivity (Wildman–Crippen MR) is 139 cm³/mol. The molecule has 39 heavy (non-hydrogen) atoms. The monoisotopic (exact) mass is 550 g/mol. The maximum Gasteiger partial charge on any atom is 0.433 e. The number of benzene rings is 2. The minimum atomic E-state index is -4.54. The van der Waals surface area contributed by atoms with Gasteiger partial charge in [0.15, 0.2) is 5.84 Å². The van der Waals surface area contributed by atoms with Gasteiger partial charge in [-0.25, -0.2) is 9.99 Å². The van der Waals surface area contributed by atoms with E-state index in [1.165, 1.54) is 22.3 Å². The van der Waals surface area contributed by atoms with Gasteiger partial charge in [-0.3, -0.25) is 4.98 Å². The standard InChI is InChI=1S/C27H18ClF3N6O2/c28-20-8-6-17(7-9-20)21-14-34-37-24(23(21)18-2-4-19(5-3-18)25-32-11-12-39-25)35-36(26(37)38)15-16-1-10-22(33-13-16)27(29,30)31/h1-14,26,38H,15H2. The van der Waals surface area contributed by atoms with Crippen LogP contribution in [0, 0.1) is 0 Å². The van der Waals surface area contributed by atoms with E-state index in [1.807, 2.05) is 36.4 Å². The molecule has 0 saturated heterocycles. The predicted octanol–water partition coefficient (Wildman–Crippen LogP) is 5.73. The Morgan fingerprint density at radius 3 is 2.28 bits per heavy atom. The molecule has 0 spiro atoms. The average molecular weight is 551 g/mol. The number of aliphatic hydroxyl groups excluding tert-OH is 1. The highest BCUT2D eigenvalue weighted by atomic mass is 35.5. The van der Waals surface area contributed by atoms with Crippen molar-refractivity contribution in [1.29, 1.82) is 0 Å². The number of pyridine rings is 1. The van der Waals surface area contributed by atoms with Crippen LogP contribution in [0.25, 0.3) is 22.6 Å². The molecule has 2 aliphatic rings. The molecule has 8 nitrogen and oxygen atoms in total. The highest BCUT2D eigenvalue weighted by Gasteiger charge is 2.38. The number of hydrogen-bond donors (Lipinski definition) is 1. The number of aliphatic hydroxyl groups is 1. The molecule has 0 bridgehead atoms. The second-order valence-corrected chi connectivity index (χ2v) is 9.15. The van der Waals surface area contributed by atoms with E-state index in [0.29, 0.717) is 27.9 Å². The first-order valence-corrected chi connectivity index (χ1v) is 12.1. The normalized spacial score (nSPS) is 17.1. The molecule has 0 amide bonds. The Kier molecular flexibility index (Phi) is 6.16. The fourth-order valence-electron chi connectivity index (χ4n) is 4.31. The lowest BCUT2D eigenvalue weighted by atomic mass is 9.93. The van der Waals surface area contributed by atoms with E-state index in [-0.39, 0.29) is 6.54 Å². The number of aromatic nitrogens is 2. The minimum absolute atomic E-state index is 0.00842. The van der Waals surface area contributed by atoms with E-state index in [4.69, 9.17) is 16.0 Å². The number of halogens is 4. The summed E-state index contributed by atoms with van der Waals surface area (Å²) in [6, 6.07) is 17.0. The molecule has 4 aromatic rings. The van der Waals surface area contributed by atoms with Gasteiger partial charge in [-0.2, -0.15) is 28.4 Å². The summed E-state index contributed by atoms with van der Waals surface area (Å²) in [6.45, 7) is 0.00842. The molecular weight excluding hydrogens is 533 g/mol. The van der Waals surface area contributed by atoms with E-state index < -0.39 is 18.2 Å². The summed E-state index contributed by atoms with van der Waals surface area (Å²) in [5.74, 6) is 0.851. The molecule has 2 aromatic heterocycles. The number of hydrogen-bond acceptors (Lipinski definition) is 8. The third-order valence-electron chi connectivity index (χ3n) is 6.20. The Balaban J connectivity index is 1.39. The maximum atomic E-state index is 12.9. The van der Waals surface area contributed by atoms with Crippen LogP contribution in [0.3, 0.4) is 0 Å². The number of hydrazone groups is 2. The van der Waals surface area contributed by atoms with Crippen molar-refractivity contribution in [3.05, 3.63) is 107 Å². The van der Waals surface area contributed by atoms with Crippen LogP contribution in [0.4, 0.5) is 13.2 Å². The minimum Gasteiger partial charge on any atom is -0.445 e. The Hall–Kier alpha value is -4.48. The van der Waals surface area contributed by atoms with E-state index in [0.717, 1.165) is 34.5 Å². The lowest BCUT2D eigenvalue weighted by molar-refractivity contribution is -0.141. The lowest BCUT2D eigenvalue weighted by Crippen LogP contribution is -2.40. The highest BCUT2D eigenvalue weighted by Crippen LogP contribution is 2.36. The molecule has 0 radical (unpaired) electrons. The molecule has 2 aliphatic heterocycles. The van der Waals surface area contributed by atoms with Gasteiger partial charge in [0.1, 0.15) is 12.0 Å². The van der Waals surface area contributed by atoms with E-state index >= 15 is 0 Å². The maximum absolute atomic E-state index is 12.9. The van der Waals surface area contributed by atoms with Crippen LogP contribution in [-0.4, -0.2) is 43.5 Å². The van der Waals surface area contributed by atoms with Crippen LogP contribution in [0.2, 0.25) is 5.02 Å². The Bertz CT molecular complexity index is 1580. The summed E-state index contributed by atoms with van der Waals surface area (Å²) in [5, 5.41) is 23.3. The number of nitrogens with zero attached hydrogens (tertiary/aromatic N) is 6. The molecule has 1 atom stereocenters. The fraction of sp³-hybridized carbons (Fsp3) is 0.111. The molecule has 196 valence electrons. The van der Waals surface area contributed by atoms with E-state index in [9.17, 15) is 18.3 Å². The van der Waals surface area contributed by atoms with Gasteiger partial charge >= 0.3 is 6.18 Å². The van der Waals surface area contributed by atoms with Gasteiger partial charge in [-0.1, -0.05) is 41.9 Å². The van der Waals surface area contributed by atoms with Crippen molar-refractivity contribution in [3.63, 3.8) is 0 Å².